The molecule has 1 heterocycles. The number of hydroxylamine groups is 2. The van der Waals surface area contributed by atoms with Crippen molar-refractivity contribution in [1.29, 1.82) is 0 Å². The monoisotopic (exact) mass is 377 g/mol. The van der Waals surface area contributed by atoms with E-state index in [4.69, 9.17) is 10.6 Å². The van der Waals surface area contributed by atoms with E-state index in [2.05, 4.69) is 5.32 Å². The zero-order valence-electron chi connectivity index (χ0n) is 14.9. The lowest BCUT2D eigenvalue weighted by molar-refractivity contribution is -0.204. The number of nitrogens with two attached hydrogens (primary N) is 1. The van der Waals surface area contributed by atoms with Gasteiger partial charge in [-0.2, -0.15) is 13.2 Å². The van der Waals surface area contributed by atoms with Gasteiger partial charge in [-0.15, -0.1) is 5.06 Å². The highest BCUT2D eigenvalue weighted by Crippen LogP contribution is 2.40. The molecule has 5 nitrogen and oxygen atoms in total. The van der Waals surface area contributed by atoms with Crippen LogP contribution in [0.5, 0.6) is 0 Å². The highest BCUT2D eigenvalue weighted by atomic mass is 19.4. The molecule has 2 rings (SSSR count). The number of nitrogen functional groups attached to an aromatic ring is 1. The van der Waals surface area contributed by atoms with Gasteiger partial charge >= 0.3 is 12.1 Å². The third-order valence-electron chi connectivity index (χ3n) is 4.10. The number of nitrogens with zero attached hydrogens (tertiary/aromatic N) is 1. The minimum Gasteiger partial charge on any atom is -0.397 e. The van der Waals surface area contributed by atoms with Crippen LogP contribution < -0.4 is 11.1 Å². The van der Waals surface area contributed by atoms with Crippen LogP contribution in [0.4, 0.5) is 28.9 Å². The molecule has 3 N–H and O–H groups in total. The third kappa shape index (κ3) is 4.78. The fraction of sp³-hybridized carbons (Fsp3) is 0.588. The highest BCUT2D eigenvalue weighted by molar-refractivity contribution is 5.75. The molecule has 1 aliphatic heterocycles. The number of hydrogen-bond donors (Lipinski definition) is 2. The van der Waals surface area contributed by atoms with Crippen LogP contribution in [0.1, 0.15) is 39.2 Å². The molecule has 0 unspecified atom stereocenters. The van der Waals surface area contributed by atoms with Gasteiger partial charge in [-0.25, -0.2) is 9.18 Å². The maximum absolute atomic E-state index is 13.7. The van der Waals surface area contributed by atoms with Crippen LogP contribution in [0.2, 0.25) is 0 Å². The minimum atomic E-state index is -4.86. The van der Waals surface area contributed by atoms with E-state index >= 15 is 0 Å². The van der Waals surface area contributed by atoms with Crippen molar-refractivity contribution in [2.24, 2.45) is 5.41 Å². The number of piperidine rings is 1. The largest absolute Gasteiger partial charge is 0.421 e. The molecule has 1 fully saturated rings. The first-order valence-electron chi connectivity index (χ1n) is 8.28. The van der Waals surface area contributed by atoms with Crippen molar-refractivity contribution in [3.63, 3.8) is 0 Å². The normalized spacial score (nSPS) is 17.2. The number of anilines is 2. The Morgan fingerprint density at radius 3 is 2.31 bits per heavy atom. The first-order chi connectivity index (χ1) is 11.9. The molecule has 0 amide bonds. The van der Waals surface area contributed by atoms with Crippen LogP contribution in [0.3, 0.4) is 0 Å². The van der Waals surface area contributed by atoms with Crippen LogP contribution in [0.25, 0.3) is 0 Å². The SMILES string of the molecule is CC(C)(C)C(=O)ON1CCC(Nc2c(N)ccc(F)c2C(F)(F)F)CC1. The lowest BCUT2D eigenvalue weighted by Crippen LogP contribution is -2.42. The Bertz CT molecular complexity index is 663. The van der Waals surface area contributed by atoms with Crippen LogP contribution >= 0.6 is 0 Å². The Balaban J connectivity index is 2.05. The molecule has 26 heavy (non-hydrogen) atoms. The summed E-state index contributed by atoms with van der Waals surface area (Å²) in [7, 11) is 0. The van der Waals surface area contributed by atoms with Gasteiger partial charge in [-0.05, 0) is 45.7 Å². The van der Waals surface area contributed by atoms with Crippen molar-refractivity contribution < 1.29 is 27.2 Å². The van der Waals surface area contributed by atoms with Crippen LogP contribution in [-0.4, -0.2) is 30.2 Å². The molecular formula is C17H23F4N3O2. The Kier molecular flexibility index (Phi) is 5.70. The Hall–Kier alpha value is -2.03. The van der Waals surface area contributed by atoms with E-state index < -0.39 is 28.7 Å². The molecular weight excluding hydrogens is 354 g/mol. The van der Waals surface area contributed by atoms with Gasteiger partial charge in [-0.1, -0.05) is 0 Å². The fourth-order valence-corrected chi connectivity index (χ4v) is 2.58. The molecule has 0 aromatic heterocycles. The maximum atomic E-state index is 13.7. The standard InChI is InChI=1S/C17H23F4N3O2/c1-16(2,3)15(25)26-24-8-6-10(7-9-24)23-14-12(22)5-4-11(18)13(14)17(19,20)21/h4-5,10,23H,6-9,22H2,1-3H3. The molecule has 0 saturated carbocycles. The van der Waals surface area contributed by atoms with E-state index in [0.29, 0.717) is 32.0 Å². The van der Waals surface area contributed by atoms with Crippen molar-refractivity contribution in [2.75, 3.05) is 24.1 Å². The Labute approximate surface area is 149 Å². The summed E-state index contributed by atoms with van der Waals surface area (Å²) < 4.78 is 53.2. The molecule has 0 aliphatic carbocycles. The Morgan fingerprint density at radius 1 is 1.23 bits per heavy atom. The molecule has 1 aliphatic rings. The average molecular weight is 377 g/mol. The predicted octanol–water partition coefficient (Wildman–Crippen LogP) is 3.81. The lowest BCUT2D eigenvalue weighted by atomic mass is 9.98. The zero-order chi connectivity index (χ0) is 19.7. The molecule has 9 heteroatoms. The molecule has 1 saturated heterocycles. The number of hydrogen-bond acceptors (Lipinski definition) is 5. The topological polar surface area (TPSA) is 67.6 Å². The molecule has 0 radical (unpaired) electrons. The number of alkyl halides is 3. The van der Waals surface area contributed by atoms with Gasteiger partial charge in [-0.3, -0.25) is 0 Å². The number of rotatable bonds is 3. The number of carbonyl (C=O) groups excluding carboxylic acids is 1. The molecule has 1 aromatic carbocycles. The van der Waals surface area contributed by atoms with Gasteiger partial charge < -0.3 is 15.9 Å². The van der Waals surface area contributed by atoms with Crippen LogP contribution in [0.15, 0.2) is 12.1 Å². The molecule has 1 aromatic rings. The van der Waals surface area contributed by atoms with E-state index in [9.17, 15) is 22.4 Å². The number of halogens is 4. The van der Waals surface area contributed by atoms with E-state index in [1.807, 2.05) is 0 Å². The van der Waals surface area contributed by atoms with Crippen LogP contribution in [0, 0.1) is 11.2 Å². The van der Waals surface area contributed by atoms with Crippen molar-refractivity contribution >= 4 is 17.3 Å². The van der Waals surface area contributed by atoms with E-state index in [0.717, 1.165) is 6.07 Å². The van der Waals surface area contributed by atoms with Crippen molar-refractivity contribution in [3.05, 3.63) is 23.5 Å². The van der Waals surface area contributed by atoms with E-state index in [-0.39, 0.29) is 17.7 Å². The zero-order valence-corrected chi connectivity index (χ0v) is 14.9. The second-order valence-electron chi connectivity index (χ2n) is 7.36. The molecule has 0 spiro atoms. The summed E-state index contributed by atoms with van der Waals surface area (Å²) in [5.74, 6) is -1.75. The van der Waals surface area contributed by atoms with Gasteiger partial charge in [0.25, 0.3) is 0 Å². The summed E-state index contributed by atoms with van der Waals surface area (Å²) in [5.41, 5.74) is 2.99. The van der Waals surface area contributed by atoms with Crippen molar-refractivity contribution in [1.82, 2.24) is 5.06 Å². The van der Waals surface area contributed by atoms with Crippen molar-refractivity contribution in [3.8, 4) is 0 Å². The van der Waals surface area contributed by atoms with Crippen LogP contribution in [-0.2, 0) is 15.8 Å². The molecule has 146 valence electrons. The number of carbonyl (C=O) groups is 1. The first-order valence-corrected chi connectivity index (χ1v) is 8.28. The third-order valence-corrected chi connectivity index (χ3v) is 4.10. The summed E-state index contributed by atoms with van der Waals surface area (Å²) in [4.78, 5) is 17.2. The number of nitrogens with one attached hydrogen (secondary N) is 1. The Morgan fingerprint density at radius 2 is 1.81 bits per heavy atom. The first kappa shape index (κ1) is 20.3. The lowest BCUT2D eigenvalue weighted by Gasteiger charge is -2.33. The summed E-state index contributed by atoms with van der Waals surface area (Å²) in [5, 5.41) is 4.21. The van der Waals surface area contributed by atoms with E-state index in [1.165, 1.54) is 5.06 Å². The summed E-state index contributed by atoms with van der Waals surface area (Å²) in [6.45, 7) is 5.91. The highest BCUT2D eigenvalue weighted by Gasteiger charge is 2.39. The van der Waals surface area contributed by atoms with Gasteiger partial charge in [0.05, 0.1) is 16.8 Å². The predicted molar refractivity (Wildman–Crippen MR) is 89.6 cm³/mol. The summed E-state index contributed by atoms with van der Waals surface area (Å²) in [6, 6.07) is 1.47. The summed E-state index contributed by atoms with van der Waals surface area (Å²) >= 11 is 0. The van der Waals surface area contributed by atoms with Gasteiger partial charge in [0.2, 0.25) is 0 Å². The minimum absolute atomic E-state index is 0.166. The van der Waals surface area contributed by atoms with Gasteiger partial charge in [0.1, 0.15) is 11.4 Å². The van der Waals surface area contributed by atoms with Gasteiger partial charge in [0.15, 0.2) is 0 Å². The molecule has 0 atom stereocenters. The fourth-order valence-electron chi connectivity index (χ4n) is 2.58. The molecule has 0 bridgehead atoms. The van der Waals surface area contributed by atoms with E-state index in [1.54, 1.807) is 20.8 Å². The summed E-state index contributed by atoms with van der Waals surface area (Å²) in [6.07, 6.45) is -4.01. The number of benzene rings is 1. The second kappa shape index (κ2) is 7.30. The second-order valence-corrected chi connectivity index (χ2v) is 7.36. The van der Waals surface area contributed by atoms with Crippen molar-refractivity contribution in [2.45, 2.75) is 45.8 Å². The quantitative estimate of drug-likeness (QED) is 0.619. The maximum Gasteiger partial charge on any atom is 0.421 e. The average Bonchev–Trinajstić information content (AvgIpc) is 2.50. The smallest absolute Gasteiger partial charge is 0.397 e. The van der Waals surface area contributed by atoms with Gasteiger partial charge in [0, 0.05) is 19.1 Å².